The highest BCUT2D eigenvalue weighted by Gasteiger charge is 2.06. The van der Waals surface area contributed by atoms with Crippen LogP contribution >= 0.6 is 0 Å². The standard InChI is InChI=1S/C10H19N7O2/c1-12-8-14-9(16-10(15-8)17(2)3)13-4-5-19-6-7(11)18/h4-6H2,1-3H3,(H2,11,18)(H2,12,13,14,15,16). The van der Waals surface area contributed by atoms with E-state index in [2.05, 4.69) is 25.6 Å². The van der Waals surface area contributed by atoms with E-state index in [1.165, 1.54) is 0 Å². The molecule has 1 aromatic rings. The van der Waals surface area contributed by atoms with Crippen molar-refractivity contribution in [3.05, 3.63) is 0 Å². The largest absolute Gasteiger partial charge is 0.370 e. The molecule has 1 heterocycles. The number of amides is 1. The van der Waals surface area contributed by atoms with Crippen LogP contribution in [-0.2, 0) is 9.53 Å². The van der Waals surface area contributed by atoms with Gasteiger partial charge in [0.05, 0.1) is 6.61 Å². The number of ether oxygens (including phenoxy) is 1. The van der Waals surface area contributed by atoms with Crippen molar-refractivity contribution >= 4 is 23.8 Å². The molecule has 0 fully saturated rings. The van der Waals surface area contributed by atoms with Gasteiger partial charge in [-0.2, -0.15) is 15.0 Å². The molecule has 0 aliphatic carbocycles. The average Bonchev–Trinajstić information content (AvgIpc) is 2.37. The second kappa shape index (κ2) is 7.31. The number of primary amides is 1. The fraction of sp³-hybridized carbons (Fsp3) is 0.600. The summed E-state index contributed by atoms with van der Waals surface area (Å²) in [6.07, 6.45) is 0. The number of rotatable bonds is 8. The van der Waals surface area contributed by atoms with E-state index in [4.69, 9.17) is 10.5 Å². The van der Waals surface area contributed by atoms with E-state index in [9.17, 15) is 4.79 Å². The van der Waals surface area contributed by atoms with Crippen LogP contribution in [0.5, 0.6) is 0 Å². The molecule has 0 aliphatic heterocycles. The van der Waals surface area contributed by atoms with Crippen molar-refractivity contribution in [2.24, 2.45) is 5.73 Å². The summed E-state index contributed by atoms with van der Waals surface area (Å²) in [6, 6.07) is 0. The van der Waals surface area contributed by atoms with Crippen LogP contribution in [0.15, 0.2) is 0 Å². The second-order valence-corrected chi connectivity index (χ2v) is 3.87. The molecular formula is C10H19N7O2. The normalized spacial score (nSPS) is 10.1. The van der Waals surface area contributed by atoms with Crippen molar-refractivity contribution in [2.75, 3.05) is 56.4 Å². The minimum atomic E-state index is -0.493. The van der Waals surface area contributed by atoms with Crippen molar-refractivity contribution in [2.45, 2.75) is 0 Å². The molecule has 0 atom stereocenters. The van der Waals surface area contributed by atoms with Crippen molar-refractivity contribution in [1.82, 2.24) is 15.0 Å². The maximum Gasteiger partial charge on any atom is 0.243 e. The Morgan fingerprint density at radius 1 is 1.32 bits per heavy atom. The van der Waals surface area contributed by atoms with Gasteiger partial charge >= 0.3 is 0 Å². The molecule has 0 saturated carbocycles. The van der Waals surface area contributed by atoms with Gasteiger partial charge in [0.1, 0.15) is 6.61 Å². The maximum atomic E-state index is 10.5. The molecule has 0 spiro atoms. The summed E-state index contributed by atoms with van der Waals surface area (Å²) < 4.78 is 5.02. The third-order valence-electron chi connectivity index (χ3n) is 2.02. The minimum absolute atomic E-state index is 0.0937. The number of aromatic nitrogens is 3. The zero-order chi connectivity index (χ0) is 14.3. The Labute approximate surface area is 111 Å². The highest BCUT2D eigenvalue weighted by molar-refractivity contribution is 5.74. The van der Waals surface area contributed by atoms with Crippen LogP contribution in [0.1, 0.15) is 0 Å². The first-order chi connectivity index (χ1) is 9.02. The summed E-state index contributed by atoms with van der Waals surface area (Å²) in [5, 5.41) is 5.84. The van der Waals surface area contributed by atoms with E-state index >= 15 is 0 Å². The molecule has 0 unspecified atom stereocenters. The summed E-state index contributed by atoms with van der Waals surface area (Å²) in [5.74, 6) is 0.956. The number of carbonyl (C=O) groups excluding carboxylic acids is 1. The Kier molecular flexibility index (Phi) is 5.73. The number of carbonyl (C=O) groups is 1. The van der Waals surface area contributed by atoms with E-state index < -0.39 is 5.91 Å². The lowest BCUT2D eigenvalue weighted by molar-refractivity contribution is -0.122. The lowest BCUT2D eigenvalue weighted by Crippen LogP contribution is -2.21. The maximum absolute atomic E-state index is 10.5. The molecule has 1 amide bonds. The molecule has 4 N–H and O–H groups in total. The summed E-state index contributed by atoms with van der Waals surface area (Å²) in [7, 11) is 5.41. The molecule has 19 heavy (non-hydrogen) atoms. The monoisotopic (exact) mass is 269 g/mol. The Balaban J connectivity index is 2.52. The number of nitrogens with one attached hydrogen (secondary N) is 2. The van der Waals surface area contributed by atoms with Crippen LogP contribution in [0, 0.1) is 0 Å². The predicted octanol–water partition coefficient (Wildman–Crippen LogP) is -1.11. The first-order valence-electron chi connectivity index (χ1n) is 5.74. The molecule has 0 radical (unpaired) electrons. The molecule has 0 aliphatic rings. The molecule has 1 aromatic heterocycles. The third kappa shape index (κ3) is 5.34. The van der Waals surface area contributed by atoms with Crippen molar-refractivity contribution in [3.8, 4) is 0 Å². The molecule has 0 saturated heterocycles. The topological polar surface area (TPSA) is 118 Å². The number of nitrogens with two attached hydrogens (primary N) is 1. The van der Waals surface area contributed by atoms with Crippen LogP contribution in [0.4, 0.5) is 17.8 Å². The van der Waals surface area contributed by atoms with Gasteiger partial charge in [0.2, 0.25) is 23.8 Å². The lowest BCUT2D eigenvalue weighted by atomic mass is 10.6. The van der Waals surface area contributed by atoms with Crippen LogP contribution in [0.2, 0.25) is 0 Å². The summed E-state index contributed by atoms with van der Waals surface area (Å²) in [6.45, 7) is 0.706. The van der Waals surface area contributed by atoms with Crippen LogP contribution in [0.25, 0.3) is 0 Å². The van der Waals surface area contributed by atoms with Gasteiger partial charge in [-0.15, -0.1) is 0 Å². The van der Waals surface area contributed by atoms with Gasteiger partial charge in [-0.1, -0.05) is 0 Å². The molecule has 9 nitrogen and oxygen atoms in total. The fourth-order valence-electron chi connectivity index (χ4n) is 1.16. The van der Waals surface area contributed by atoms with Gasteiger partial charge in [-0.3, -0.25) is 4.79 Å². The molecule has 106 valence electrons. The van der Waals surface area contributed by atoms with Crippen LogP contribution < -0.4 is 21.3 Å². The van der Waals surface area contributed by atoms with E-state index in [-0.39, 0.29) is 6.61 Å². The highest BCUT2D eigenvalue weighted by atomic mass is 16.5. The Bertz CT molecular complexity index is 424. The van der Waals surface area contributed by atoms with Crippen molar-refractivity contribution in [3.63, 3.8) is 0 Å². The highest BCUT2D eigenvalue weighted by Crippen LogP contribution is 2.10. The Hall–Kier alpha value is -2.16. The molecule has 9 heteroatoms. The minimum Gasteiger partial charge on any atom is -0.370 e. The summed E-state index contributed by atoms with van der Waals surface area (Å²) >= 11 is 0. The molecule has 0 aromatic carbocycles. The van der Waals surface area contributed by atoms with Crippen LogP contribution in [-0.4, -0.2) is 61.8 Å². The van der Waals surface area contributed by atoms with Gasteiger partial charge in [0, 0.05) is 27.7 Å². The smallest absolute Gasteiger partial charge is 0.243 e. The van der Waals surface area contributed by atoms with E-state index in [0.717, 1.165) is 0 Å². The molecular weight excluding hydrogens is 250 g/mol. The number of hydrogen-bond donors (Lipinski definition) is 3. The van der Waals surface area contributed by atoms with Gasteiger partial charge in [-0.05, 0) is 0 Å². The lowest BCUT2D eigenvalue weighted by Gasteiger charge is -2.13. The average molecular weight is 269 g/mol. The first-order valence-corrected chi connectivity index (χ1v) is 5.74. The van der Waals surface area contributed by atoms with Crippen molar-refractivity contribution in [1.29, 1.82) is 0 Å². The third-order valence-corrected chi connectivity index (χ3v) is 2.02. The van der Waals surface area contributed by atoms with Gasteiger partial charge in [0.15, 0.2) is 0 Å². The molecule has 1 rings (SSSR count). The van der Waals surface area contributed by atoms with Crippen LogP contribution in [0.3, 0.4) is 0 Å². The van der Waals surface area contributed by atoms with E-state index in [1.54, 1.807) is 11.9 Å². The summed E-state index contributed by atoms with van der Waals surface area (Å²) in [4.78, 5) is 24.8. The zero-order valence-electron chi connectivity index (χ0n) is 11.3. The van der Waals surface area contributed by atoms with E-state index in [0.29, 0.717) is 31.0 Å². The SMILES string of the molecule is CNc1nc(NCCOCC(N)=O)nc(N(C)C)n1. The van der Waals surface area contributed by atoms with Gasteiger partial charge in [-0.25, -0.2) is 0 Å². The first kappa shape index (κ1) is 14.9. The number of hydrogen-bond acceptors (Lipinski definition) is 8. The second-order valence-electron chi connectivity index (χ2n) is 3.87. The Morgan fingerprint density at radius 2 is 2.00 bits per heavy atom. The zero-order valence-corrected chi connectivity index (χ0v) is 11.3. The predicted molar refractivity (Wildman–Crippen MR) is 72.2 cm³/mol. The number of anilines is 3. The van der Waals surface area contributed by atoms with Gasteiger partial charge < -0.3 is 26.0 Å². The van der Waals surface area contributed by atoms with E-state index in [1.807, 2.05) is 14.1 Å². The molecule has 0 bridgehead atoms. The van der Waals surface area contributed by atoms with Crippen molar-refractivity contribution < 1.29 is 9.53 Å². The quantitative estimate of drug-likeness (QED) is 0.509. The fourth-order valence-corrected chi connectivity index (χ4v) is 1.16. The Morgan fingerprint density at radius 3 is 2.58 bits per heavy atom. The number of nitrogens with zero attached hydrogens (tertiary/aromatic N) is 4. The summed E-state index contributed by atoms with van der Waals surface area (Å²) in [5.41, 5.74) is 4.95. The van der Waals surface area contributed by atoms with Gasteiger partial charge in [0.25, 0.3) is 0 Å².